The van der Waals surface area contributed by atoms with E-state index in [1.165, 1.54) is 37.5 Å². The van der Waals surface area contributed by atoms with Gasteiger partial charge < -0.3 is 19.5 Å². The van der Waals surface area contributed by atoms with Crippen LogP contribution in [-0.4, -0.2) is 70.4 Å². The van der Waals surface area contributed by atoms with Crippen LogP contribution in [0.2, 0.25) is 0 Å². The van der Waals surface area contributed by atoms with E-state index in [1.54, 1.807) is 6.92 Å². The summed E-state index contributed by atoms with van der Waals surface area (Å²) in [6.45, 7) is 2.43. The van der Waals surface area contributed by atoms with Crippen molar-refractivity contribution in [1.29, 1.82) is 0 Å². The van der Waals surface area contributed by atoms with Crippen LogP contribution in [0.1, 0.15) is 28.8 Å². The van der Waals surface area contributed by atoms with Crippen molar-refractivity contribution >= 4 is 12.0 Å². The molecule has 1 aromatic carbocycles. The molecule has 0 atom stereocenters. The van der Waals surface area contributed by atoms with Crippen LogP contribution in [-0.2, 0) is 4.84 Å². The van der Waals surface area contributed by atoms with Gasteiger partial charge in [-0.2, -0.15) is 0 Å². The molecule has 2 amide bonds. The Morgan fingerprint density at radius 2 is 1.90 bits per heavy atom. The van der Waals surface area contributed by atoms with Gasteiger partial charge >= 0.3 is 6.09 Å². The number of aromatic nitrogens is 2. The number of carbonyl (C=O) groups excluding carboxylic acids is 1. The highest BCUT2D eigenvalue weighted by atomic mass is 19.1. The second-order valence-corrected chi connectivity index (χ2v) is 6.93. The molecular weight excluding hydrogens is 411 g/mol. The van der Waals surface area contributed by atoms with Gasteiger partial charge in [-0.05, 0) is 25.1 Å². The Morgan fingerprint density at radius 3 is 2.52 bits per heavy atom. The minimum Gasteiger partial charge on any atom is -0.474 e. The van der Waals surface area contributed by atoms with Crippen molar-refractivity contribution < 1.29 is 33.4 Å². The summed E-state index contributed by atoms with van der Waals surface area (Å²) in [6, 6.07) is 3.80. The third-order valence-electron chi connectivity index (χ3n) is 4.93. The molecule has 2 aromatic rings. The fourth-order valence-electron chi connectivity index (χ4n) is 3.05. The van der Waals surface area contributed by atoms with Crippen molar-refractivity contribution in [1.82, 2.24) is 19.9 Å². The van der Waals surface area contributed by atoms with E-state index in [2.05, 4.69) is 9.97 Å². The smallest absolute Gasteiger partial charge is 0.407 e. The minimum atomic E-state index is -0.948. The van der Waals surface area contributed by atoms with E-state index in [1.807, 2.05) is 0 Å². The number of halogens is 1. The van der Waals surface area contributed by atoms with Gasteiger partial charge in [0.1, 0.15) is 12.4 Å². The Labute approximate surface area is 178 Å². The predicted molar refractivity (Wildman–Crippen MR) is 106 cm³/mol. The number of likely N-dealkylation sites (tertiary alicyclic amines) is 1. The molecule has 31 heavy (non-hydrogen) atoms. The summed E-state index contributed by atoms with van der Waals surface area (Å²) in [4.78, 5) is 37.4. The van der Waals surface area contributed by atoms with Crippen LogP contribution in [0.4, 0.5) is 9.18 Å². The number of benzene rings is 1. The molecule has 1 fully saturated rings. The number of carbonyl (C=O) groups is 2. The van der Waals surface area contributed by atoms with Gasteiger partial charge in [0.25, 0.3) is 5.91 Å². The van der Waals surface area contributed by atoms with Gasteiger partial charge in [-0.15, -0.1) is 0 Å². The lowest BCUT2D eigenvalue weighted by Gasteiger charge is -2.30. The van der Waals surface area contributed by atoms with E-state index in [0.717, 1.165) is 11.1 Å². The van der Waals surface area contributed by atoms with E-state index < -0.39 is 17.8 Å². The minimum absolute atomic E-state index is 0.102. The molecule has 3 rings (SSSR count). The van der Waals surface area contributed by atoms with Gasteiger partial charge in [-0.1, -0.05) is 0 Å². The second-order valence-electron chi connectivity index (χ2n) is 6.93. The van der Waals surface area contributed by atoms with Gasteiger partial charge in [0.15, 0.2) is 11.6 Å². The first-order valence-corrected chi connectivity index (χ1v) is 9.55. The van der Waals surface area contributed by atoms with Crippen LogP contribution in [0, 0.1) is 12.7 Å². The molecule has 2 heterocycles. The number of carboxylic acid groups (broad SMARTS) is 1. The van der Waals surface area contributed by atoms with Gasteiger partial charge in [0.05, 0.1) is 12.7 Å². The maximum atomic E-state index is 14.5. The van der Waals surface area contributed by atoms with Crippen LogP contribution in [0.25, 0.3) is 0 Å². The van der Waals surface area contributed by atoms with Crippen molar-refractivity contribution in [2.45, 2.75) is 25.9 Å². The summed E-state index contributed by atoms with van der Waals surface area (Å²) in [5, 5.41) is 10.0. The molecule has 166 valence electrons. The van der Waals surface area contributed by atoms with Gasteiger partial charge in [0, 0.05) is 38.5 Å². The molecule has 1 N–H and O–H groups in total. The summed E-state index contributed by atoms with van der Waals surface area (Å²) in [6.07, 6.45) is 1.17. The molecule has 1 aliphatic heterocycles. The summed E-state index contributed by atoms with van der Waals surface area (Å²) in [7, 11) is 2.75. The number of ether oxygens (including phenoxy) is 2. The van der Waals surface area contributed by atoms with E-state index >= 15 is 0 Å². The summed E-state index contributed by atoms with van der Waals surface area (Å²) in [5.74, 6) is -0.959. The number of nitrogens with zero attached hydrogens (tertiary/aromatic N) is 4. The highest BCUT2D eigenvalue weighted by Gasteiger charge is 2.25. The van der Waals surface area contributed by atoms with E-state index in [-0.39, 0.29) is 29.2 Å². The lowest BCUT2D eigenvalue weighted by atomic mass is 10.1. The fourth-order valence-corrected chi connectivity index (χ4v) is 3.05. The van der Waals surface area contributed by atoms with Crippen molar-refractivity contribution in [3.05, 3.63) is 41.5 Å². The second kappa shape index (κ2) is 9.56. The number of piperidine rings is 1. The zero-order chi connectivity index (χ0) is 22.5. The average Bonchev–Trinajstić information content (AvgIpc) is 2.77. The van der Waals surface area contributed by atoms with Gasteiger partial charge in [-0.25, -0.2) is 24.2 Å². The Kier molecular flexibility index (Phi) is 6.85. The van der Waals surface area contributed by atoms with Crippen molar-refractivity contribution in [3.63, 3.8) is 0 Å². The molecule has 0 aliphatic carbocycles. The highest BCUT2D eigenvalue weighted by molar-refractivity contribution is 5.93. The largest absolute Gasteiger partial charge is 0.474 e. The molecule has 0 spiro atoms. The molecule has 1 aromatic heterocycles. The monoisotopic (exact) mass is 434 g/mol. The number of rotatable bonds is 6. The van der Waals surface area contributed by atoms with E-state index in [9.17, 15) is 14.0 Å². The van der Waals surface area contributed by atoms with Crippen molar-refractivity contribution in [2.75, 3.05) is 27.2 Å². The van der Waals surface area contributed by atoms with Crippen LogP contribution in [0.5, 0.6) is 17.5 Å². The van der Waals surface area contributed by atoms with Crippen LogP contribution in [0.3, 0.4) is 0 Å². The normalized spacial score (nSPS) is 14.3. The number of hydrogen-bond donors (Lipinski definition) is 1. The standard InChI is InChI=1S/C20H23FN4O6/c1-12-17(30-14-6-8-25(9-7-14)20(27)28)22-11-23-18(12)31-16-5-4-13(10-15(16)21)19(26)24(2)29-3/h4-5,10-11,14H,6-9H2,1-3H3,(H,27,28). The van der Waals surface area contributed by atoms with Gasteiger partial charge in [0.2, 0.25) is 11.8 Å². The molecular formula is C20H23FN4O6. The zero-order valence-corrected chi connectivity index (χ0v) is 17.4. The Hall–Kier alpha value is -3.47. The highest BCUT2D eigenvalue weighted by Crippen LogP contribution is 2.30. The maximum absolute atomic E-state index is 14.5. The summed E-state index contributed by atoms with van der Waals surface area (Å²) >= 11 is 0. The molecule has 0 radical (unpaired) electrons. The Morgan fingerprint density at radius 1 is 1.23 bits per heavy atom. The number of hydrogen-bond acceptors (Lipinski definition) is 7. The maximum Gasteiger partial charge on any atom is 0.407 e. The molecule has 1 saturated heterocycles. The Balaban J connectivity index is 1.71. The van der Waals surface area contributed by atoms with Crippen molar-refractivity contribution in [3.8, 4) is 17.5 Å². The number of amides is 2. The van der Waals surface area contributed by atoms with Gasteiger partial charge in [-0.3, -0.25) is 9.63 Å². The lowest BCUT2D eigenvalue weighted by molar-refractivity contribution is -0.0757. The quantitative estimate of drug-likeness (QED) is 0.691. The predicted octanol–water partition coefficient (Wildman–Crippen LogP) is 2.87. The number of hydroxylamine groups is 2. The van der Waals surface area contributed by atoms with Crippen LogP contribution >= 0.6 is 0 Å². The molecule has 0 saturated carbocycles. The topological polar surface area (TPSA) is 114 Å². The first-order valence-electron chi connectivity index (χ1n) is 9.55. The lowest BCUT2D eigenvalue weighted by Crippen LogP contribution is -2.41. The van der Waals surface area contributed by atoms with Crippen LogP contribution < -0.4 is 9.47 Å². The molecule has 10 nitrogen and oxygen atoms in total. The molecule has 1 aliphatic rings. The first kappa shape index (κ1) is 22.2. The molecule has 11 heteroatoms. The van der Waals surface area contributed by atoms with E-state index in [4.69, 9.17) is 19.4 Å². The average molecular weight is 434 g/mol. The summed E-state index contributed by atoms with van der Waals surface area (Å²) in [5.41, 5.74) is 0.576. The fraction of sp³-hybridized carbons (Fsp3) is 0.400. The first-order chi connectivity index (χ1) is 14.8. The van der Waals surface area contributed by atoms with Crippen molar-refractivity contribution in [2.24, 2.45) is 0 Å². The Bertz CT molecular complexity index is 965. The van der Waals surface area contributed by atoms with E-state index in [0.29, 0.717) is 31.5 Å². The third kappa shape index (κ3) is 5.18. The van der Waals surface area contributed by atoms with Crippen LogP contribution in [0.15, 0.2) is 24.5 Å². The molecule has 0 unspecified atom stereocenters. The summed E-state index contributed by atoms with van der Waals surface area (Å²) < 4.78 is 26.0. The molecule has 0 bridgehead atoms. The zero-order valence-electron chi connectivity index (χ0n) is 17.4. The SMILES string of the molecule is CON(C)C(=O)c1ccc(Oc2ncnc(OC3CCN(C(=O)O)CC3)c2C)c(F)c1. The third-order valence-corrected chi connectivity index (χ3v) is 4.93.